The standard InChI is InChI=1S/C19H26N6O3S/c1-11(22-29(28)19(2,3)4)16-20-17-14(24-10-15(26)23(5)18(24)27)8-13(12-6-7-12)9-25(17)21-16/h8-9,11-12,22H,6-7,10H2,1-5H3/t11-,29?/m1/s1. The molecule has 10 heteroatoms. The SMILES string of the molecule is C[C@@H](N[S+]([O-])C(C)(C)C)c1nc2c(N3CC(=O)N(C)C3=O)cc(C3CC3)cn2n1. The van der Waals surface area contributed by atoms with Gasteiger partial charge in [-0.05, 0) is 58.1 Å². The zero-order valence-corrected chi connectivity index (χ0v) is 18.1. The Kier molecular flexibility index (Phi) is 4.83. The van der Waals surface area contributed by atoms with Gasteiger partial charge in [-0.1, -0.05) is 0 Å². The van der Waals surface area contributed by atoms with Gasteiger partial charge in [0.1, 0.15) is 17.3 Å². The second-order valence-electron chi connectivity index (χ2n) is 8.71. The molecule has 1 N–H and O–H groups in total. The Bertz CT molecular complexity index is 980. The third-order valence-electron chi connectivity index (χ3n) is 5.20. The average Bonchev–Trinajstić information content (AvgIpc) is 3.36. The van der Waals surface area contributed by atoms with Crippen LogP contribution in [0.15, 0.2) is 12.3 Å². The number of hydrogen-bond acceptors (Lipinski definition) is 6. The second-order valence-corrected chi connectivity index (χ2v) is 10.7. The highest BCUT2D eigenvalue weighted by Gasteiger charge is 2.37. The lowest BCUT2D eigenvalue weighted by Crippen LogP contribution is -2.40. The smallest absolute Gasteiger partial charge is 0.331 e. The molecular weight excluding hydrogens is 392 g/mol. The minimum atomic E-state index is -1.27. The summed E-state index contributed by atoms with van der Waals surface area (Å²) in [4.78, 5) is 31.8. The highest BCUT2D eigenvalue weighted by atomic mass is 32.2. The van der Waals surface area contributed by atoms with E-state index in [1.165, 1.54) is 11.9 Å². The molecule has 156 valence electrons. The predicted octanol–water partition coefficient (Wildman–Crippen LogP) is 2.12. The largest absolute Gasteiger partial charge is 0.598 e. The minimum absolute atomic E-state index is 0.0108. The molecule has 3 amide bonds. The molecule has 9 nitrogen and oxygen atoms in total. The minimum Gasteiger partial charge on any atom is -0.598 e. The van der Waals surface area contributed by atoms with E-state index < -0.39 is 16.1 Å². The Labute approximate surface area is 172 Å². The summed E-state index contributed by atoms with van der Waals surface area (Å²) in [7, 11) is 1.48. The van der Waals surface area contributed by atoms with Crippen molar-refractivity contribution in [3.63, 3.8) is 0 Å². The van der Waals surface area contributed by atoms with Crippen molar-refractivity contribution >= 4 is 34.6 Å². The van der Waals surface area contributed by atoms with E-state index in [0.29, 0.717) is 23.1 Å². The Balaban J connectivity index is 1.73. The fourth-order valence-corrected chi connectivity index (χ4v) is 3.98. The normalized spacial score (nSPS) is 20.1. The van der Waals surface area contributed by atoms with Crippen molar-refractivity contribution in [2.45, 2.75) is 57.2 Å². The number of fused-ring (bicyclic) bond motifs is 1. The molecular formula is C19H26N6O3S. The van der Waals surface area contributed by atoms with Gasteiger partial charge in [0.2, 0.25) is 5.91 Å². The molecule has 1 aliphatic carbocycles. The van der Waals surface area contributed by atoms with Crippen molar-refractivity contribution in [1.29, 1.82) is 0 Å². The average molecular weight is 419 g/mol. The summed E-state index contributed by atoms with van der Waals surface area (Å²) in [6.45, 7) is 7.53. The van der Waals surface area contributed by atoms with E-state index in [1.54, 1.807) is 4.52 Å². The summed E-state index contributed by atoms with van der Waals surface area (Å²) in [5, 5.41) is 4.59. The van der Waals surface area contributed by atoms with Crippen LogP contribution in [-0.4, -0.2) is 54.3 Å². The molecule has 2 atom stereocenters. The van der Waals surface area contributed by atoms with Crippen LogP contribution in [0.5, 0.6) is 0 Å². The summed E-state index contributed by atoms with van der Waals surface area (Å²) in [5.41, 5.74) is 2.17. The van der Waals surface area contributed by atoms with Crippen molar-refractivity contribution in [3.05, 3.63) is 23.7 Å². The van der Waals surface area contributed by atoms with Gasteiger partial charge in [-0.15, -0.1) is 9.82 Å². The van der Waals surface area contributed by atoms with E-state index in [-0.39, 0.29) is 24.5 Å². The van der Waals surface area contributed by atoms with Crippen LogP contribution >= 0.6 is 0 Å². The van der Waals surface area contributed by atoms with Crippen molar-refractivity contribution in [2.24, 2.45) is 0 Å². The molecule has 2 aromatic heterocycles. The third-order valence-corrected chi connectivity index (χ3v) is 6.88. The number of anilines is 1. The summed E-state index contributed by atoms with van der Waals surface area (Å²) < 4.78 is 16.8. The number of amides is 3. The zero-order chi connectivity index (χ0) is 21.1. The van der Waals surface area contributed by atoms with Crippen LogP contribution in [0.25, 0.3) is 5.65 Å². The molecule has 2 fully saturated rings. The van der Waals surface area contributed by atoms with E-state index in [2.05, 4.69) is 14.8 Å². The van der Waals surface area contributed by atoms with Crippen LogP contribution < -0.4 is 9.62 Å². The molecule has 3 heterocycles. The van der Waals surface area contributed by atoms with E-state index in [9.17, 15) is 14.1 Å². The van der Waals surface area contributed by atoms with E-state index >= 15 is 0 Å². The maximum Gasteiger partial charge on any atom is 0.331 e. The summed E-state index contributed by atoms with van der Waals surface area (Å²) >= 11 is -1.27. The van der Waals surface area contributed by atoms with Gasteiger partial charge >= 0.3 is 6.03 Å². The van der Waals surface area contributed by atoms with Crippen molar-refractivity contribution in [1.82, 2.24) is 24.2 Å². The molecule has 1 saturated carbocycles. The number of carbonyl (C=O) groups is 2. The van der Waals surface area contributed by atoms with Gasteiger partial charge in [-0.3, -0.25) is 14.6 Å². The molecule has 1 aliphatic heterocycles. The number of hydrogen-bond donors (Lipinski definition) is 1. The van der Waals surface area contributed by atoms with Crippen molar-refractivity contribution in [2.75, 3.05) is 18.5 Å². The Morgan fingerprint density at radius 3 is 2.55 bits per heavy atom. The van der Waals surface area contributed by atoms with Gasteiger partial charge < -0.3 is 4.55 Å². The molecule has 0 bridgehead atoms. The number of pyridine rings is 1. The van der Waals surface area contributed by atoms with Crippen LogP contribution in [0.1, 0.15) is 63.9 Å². The van der Waals surface area contributed by atoms with Crippen molar-refractivity contribution in [3.8, 4) is 0 Å². The van der Waals surface area contributed by atoms with Crippen LogP contribution in [0.4, 0.5) is 10.5 Å². The number of nitrogens with one attached hydrogen (secondary N) is 1. The van der Waals surface area contributed by atoms with Crippen LogP contribution in [0.2, 0.25) is 0 Å². The monoisotopic (exact) mass is 418 g/mol. The lowest BCUT2D eigenvalue weighted by Gasteiger charge is -2.25. The highest BCUT2D eigenvalue weighted by molar-refractivity contribution is 7.90. The van der Waals surface area contributed by atoms with Gasteiger partial charge in [0.05, 0.1) is 5.69 Å². The van der Waals surface area contributed by atoms with E-state index in [1.807, 2.05) is 40.0 Å². The first-order valence-corrected chi connectivity index (χ1v) is 10.9. The van der Waals surface area contributed by atoms with E-state index in [4.69, 9.17) is 0 Å². The lowest BCUT2D eigenvalue weighted by molar-refractivity contribution is -0.123. The first-order chi connectivity index (χ1) is 13.6. The van der Waals surface area contributed by atoms with Gasteiger partial charge in [-0.25, -0.2) is 14.3 Å². The molecule has 0 spiro atoms. The number of carbonyl (C=O) groups excluding carboxylic acids is 2. The highest BCUT2D eigenvalue weighted by Crippen LogP contribution is 2.42. The summed E-state index contributed by atoms with van der Waals surface area (Å²) in [5.74, 6) is 0.685. The molecule has 4 rings (SSSR count). The molecule has 1 saturated heterocycles. The molecule has 1 unspecified atom stereocenters. The van der Waals surface area contributed by atoms with Gasteiger partial charge in [-0.2, -0.15) is 0 Å². The molecule has 2 aliphatic rings. The van der Waals surface area contributed by atoms with Gasteiger partial charge in [0.25, 0.3) is 0 Å². The number of aromatic nitrogens is 3. The number of rotatable bonds is 5. The Hall–Kier alpha value is -2.17. The fourth-order valence-electron chi connectivity index (χ4n) is 3.20. The Morgan fingerprint density at radius 2 is 2.00 bits per heavy atom. The summed E-state index contributed by atoms with van der Waals surface area (Å²) in [6.07, 6.45) is 4.14. The van der Waals surface area contributed by atoms with E-state index in [0.717, 1.165) is 23.3 Å². The lowest BCUT2D eigenvalue weighted by atomic mass is 10.1. The first kappa shape index (κ1) is 20.1. The van der Waals surface area contributed by atoms with Crippen molar-refractivity contribution < 1.29 is 14.1 Å². The Morgan fingerprint density at radius 1 is 1.31 bits per heavy atom. The van der Waals surface area contributed by atoms with Crippen LogP contribution in [0.3, 0.4) is 0 Å². The zero-order valence-electron chi connectivity index (χ0n) is 17.3. The molecule has 29 heavy (non-hydrogen) atoms. The fraction of sp³-hybridized carbons (Fsp3) is 0.579. The molecule has 0 aromatic carbocycles. The maximum atomic E-state index is 12.6. The quantitative estimate of drug-likeness (QED) is 0.589. The maximum absolute atomic E-state index is 12.6. The predicted molar refractivity (Wildman–Crippen MR) is 110 cm³/mol. The number of nitrogens with zero attached hydrogens (tertiary/aromatic N) is 5. The third kappa shape index (κ3) is 3.72. The molecule has 2 aromatic rings. The summed E-state index contributed by atoms with van der Waals surface area (Å²) in [6, 6.07) is 1.24. The van der Waals surface area contributed by atoms with Gasteiger partial charge in [0, 0.05) is 24.6 Å². The topological polar surface area (TPSA) is 106 Å². The van der Waals surface area contributed by atoms with Gasteiger partial charge in [0.15, 0.2) is 11.5 Å². The van der Waals surface area contributed by atoms with Crippen LogP contribution in [-0.2, 0) is 16.2 Å². The van der Waals surface area contributed by atoms with Crippen LogP contribution in [0, 0.1) is 0 Å². The first-order valence-electron chi connectivity index (χ1n) is 9.72. The second kappa shape index (κ2) is 6.96. The number of likely N-dealkylation sites (N-methyl/N-ethyl adjacent to an activating group) is 1. The molecule has 0 radical (unpaired) electrons. The number of imide groups is 1. The number of urea groups is 1.